The van der Waals surface area contributed by atoms with Gasteiger partial charge in [-0.05, 0) is 44.1 Å². The van der Waals surface area contributed by atoms with Crippen molar-refractivity contribution < 1.29 is 26.7 Å². The van der Waals surface area contributed by atoms with Crippen molar-refractivity contribution in [2.45, 2.75) is 50.7 Å². The number of hydrogen-bond donors (Lipinski definition) is 1. The molecular formula is C21H24F5N7O. The summed E-state index contributed by atoms with van der Waals surface area (Å²) in [6, 6.07) is 1.17. The molecule has 4 fully saturated rings. The van der Waals surface area contributed by atoms with Crippen LogP contribution in [-0.2, 0) is 12.6 Å². The van der Waals surface area contributed by atoms with Crippen molar-refractivity contribution in [2.24, 2.45) is 16.7 Å². The molecule has 2 aromatic heterocycles. The van der Waals surface area contributed by atoms with Crippen molar-refractivity contribution in [1.29, 1.82) is 0 Å². The number of hydrogen-bond acceptors (Lipinski definition) is 4. The third-order valence-corrected chi connectivity index (χ3v) is 7.95. The molecular weight excluding hydrogens is 461 g/mol. The van der Waals surface area contributed by atoms with Gasteiger partial charge in [0.15, 0.2) is 5.69 Å². The van der Waals surface area contributed by atoms with Gasteiger partial charge in [0, 0.05) is 42.7 Å². The van der Waals surface area contributed by atoms with Crippen LogP contribution >= 0.6 is 0 Å². The minimum absolute atomic E-state index is 0.0345. The average Bonchev–Trinajstić information content (AvgIpc) is 3.29. The lowest BCUT2D eigenvalue weighted by molar-refractivity contribution is -0.141. The highest BCUT2D eigenvalue weighted by Gasteiger charge is 2.58. The van der Waals surface area contributed by atoms with Crippen LogP contribution in [-0.4, -0.2) is 67.0 Å². The number of rotatable bonds is 4. The van der Waals surface area contributed by atoms with Crippen molar-refractivity contribution in [2.75, 3.05) is 26.2 Å². The highest BCUT2D eigenvalue weighted by atomic mass is 19.4. The minimum atomic E-state index is -4.44. The van der Waals surface area contributed by atoms with Crippen molar-refractivity contribution >= 4 is 6.03 Å². The van der Waals surface area contributed by atoms with Crippen LogP contribution < -0.4 is 0 Å². The van der Waals surface area contributed by atoms with E-state index in [1.165, 1.54) is 11.0 Å². The number of likely N-dealkylation sites (tertiary alicyclic amines) is 2. The first-order valence-corrected chi connectivity index (χ1v) is 11.4. The van der Waals surface area contributed by atoms with Crippen molar-refractivity contribution in [3.05, 3.63) is 29.6 Å². The summed E-state index contributed by atoms with van der Waals surface area (Å²) in [5.74, 6) is -0.146. The van der Waals surface area contributed by atoms with Gasteiger partial charge in [0.25, 0.3) is 6.43 Å². The van der Waals surface area contributed by atoms with Gasteiger partial charge in [-0.3, -0.25) is 5.10 Å². The van der Waals surface area contributed by atoms with Gasteiger partial charge in [0.1, 0.15) is 6.33 Å². The van der Waals surface area contributed by atoms with Gasteiger partial charge in [-0.2, -0.15) is 18.3 Å². The third kappa shape index (κ3) is 3.54. The summed E-state index contributed by atoms with van der Waals surface area (Å²) in [5, 5.41) is 9.68. The highest BCUT2D eigenvalue weighted by molar-refractivity contribution is 5.77. The molecule has 0 atom stereocenters. The van der Waals surface area contributed by atoms with Crippen LogP contribution in [0, 0.1) is 16.7 Å². The predicted molar refractivity (Wildman–Crippen MR) is 107 cm³/mol. The molecule has 184 valence electrons. The Morgan fingerprint density at radius 1 is 1.09 bits per heavy atom. The molecule has 4 heterocycles. The summed E-state index contributed by atoms with van der Waals surface area (Å²) < 4.78 is 64.9. The predicted octanol–water partition coefficient (Wildman–Crippen LogP) is 3.67. The van der Waals surface area contributed by atoms with E-state index in [9.17, 15) is 26.7 Å². The molecule has 34 heavy (non-hydrogen) atoms. The van der Waals surface area contributed by atoms with Gasteiger partial charge in [0.05, 0.1) is 6.04 Å². The zero-order valence-corrected chi connectivity index (χ0v) is 18.2. The molecule has 13 heteroatoms. The maximum absolute atomic E-state index is 12.8. The average molecular weight is 485 g/mol. The number of aromatic amines is 1. The maximum atomic E-state index is 12.8. The van der Waals surface area contributed by atoms with Crippen molar-refractivity contribution in [3.63, 3.8) is 0 Å². The van der Waals surface area contributed by atoms with E-state index in [1.54, 1.807) is 0 Å². The number of carbonyl (C=O) groups excluding carboxylic acids is 1. The first-order chi connectivity index (χ1) is 16.0. The molecule has 1 N–H and O–H groups in total. The Morgan fingerprint density at radius 2 is 1.71 bits per heavy atom. The van der Waals surface area contributed by atoms with E-state index < -0.39 is 24.1 Å². The van der Waals surface area contributed by atoms with Crippen LogP contribution in [0.25, 0.3) is 0 Å². The first kappa shape index (κ1) is 21.8. The molecule has 0 radical (unpaired) electrons. The second-order valence-electron chi connectivity index (χ2n) is 10.7. The maximum Gasteiger partial charge on any atom is 0.435 e. The van der Waals surface area contributed by atoms with Gasteiger partial charge in [-0.1, -0.05) is 0 Å². The molecule has 2 saturated carbocycles. The lowest BCUT2D eigenvalue weighted by Crippen LogP contribution is -2.71. The topological polar surface area (TPSA) is 82.9 Å². The normalized spacial score (nSPS) is 23.7. The summed E-state index contributed by atoms with van der Waals surface area (Å²) in [4.78, 5) is 20.1. The molecule has 6 rings (SSSR count). The number of urea groups is 1. The Kier molecular flexibility index (Phi) is 4.57. The van der Waals surface area contributed by atoms with Crippen molar-refractivity contribution in [3.8, 4) is 0 Å². The standard InChI is InChI=1S/C21H24F5N7O/c22-16(23)17-27-11-33(30-17)14-5-20(6-14)9-32(10-20)18(34)31-7-19(8-31)3-12(4-19)1-13-2-15(29-28-13)21(24,25)26/h2,11-12,14,16H,1,3-10H2,(H,28,29). The molecule has 8 nitrogen and oxygen atoms in total. The number of aromatic nitrogens is 5. The van der Waals surface area contributed by atoms with Crippen LogP contribution in [0.15, 0.2) is 12.4 Å². The zero-order valence-electron chi connectivity index (χ0n) is 18.2. The number of carbonyl (C=O) groups is 1. The van der Waals surface area contributed by atoms with E-state index in [2.05, 4.69) is 20.3 Å². The molecule has 2 aliphatic carbocycles. The summed E-state index contributed by atoms with van der Waals surface area (Å²) >= 11 is 0. The van der Waals surface area contributed by atoms with Gasteiger partial charge in [-0.15, -0.1) is 5.10 Å². The van der Waals surface area contributed by atoms with Crippen LogP contribution in [0.3, 0.4) is 0 Å². The molecule has 4 aliphatic rings. The summed E-state index contributed by atoms with van der Waals surface area (Å²) in [6.07, 6.45) is -1.80. The number of nitrogens with zero attached hydrogens (tertiary/aromatic N) is 6. The van der Waals surface area contributed by atoms with E-state index in [-0.39, 0.29) is 22.9 Å². The number of nitrogens with one attached hydrogen (secondary N) is 1. The van der Waals surface area contributed by atoms with E-state index in [1.807, 2.05) is 9.80 Å². The fourth-order valence-electron chi connectivity index (χ4n) is 6.44. The van der Waals surface area contributed by atoms with E-state index in [4.69, 9.17) is 0 Å². The fraction of sp³-hybridized carbons (Fsp3) is 0.714. The molecule has 2 aliphatic heterocycles. The SMILES string of the molecule is O=C(N1CC2(CC(Cc3cc(C(F)(F)F)n[nH]3)C2)C1)N1CC2(CC(n3cnc(C(F)F)n3)C2)C1. The minimum Gasteiger partial charge on any atom is -0.323 e. The zero-order chi connectivity index (χ0) is 23.9. The molecule has 0 bridgehead atoms. The second kappa shape index (κ2) is 7.14. The van der Waals surface area contributed by atoms with Gasteiger partial charge >= 0.3 is 12.2 Å². The number of halogens is 5. The molecule has 2 aromatic rings. The lowest BCUT2D eigenvalue weighted by atomic mass is 9.56. The summed E-state index contributed by atoms with van der Waals surface area (Å²) in [7, 11) is 0. The second-order valence-corrected chi connectivity index (χ2v) is 10.7. The molecule has 0 unspecified atom stereocenters. The van der Waals surface area contributed by atoms with E-state index in [0.29, 0.717) is 44.2 Å². The number of alkyl halides is 5. The van der Waals surface area contributed by atoms with Crippen molar-refractivity contribution in [1.82, 2.24) is 34.8 Å². The Labute approximate surface area is 191 Å². The Balaban J connectivity index is 0.924. The smallest absolute Gasteiger partial charge is 0.323 e. The number of amides is 2. The Hall–Kier alpha value is -2.73. The Bertz CT molecular complexity index is 1080. The number of H-pyrrole nitrogens is 1. The first-order valence-electron chi connectivity index (χ1n) is 11.4. The largest absolute Gasteiger partial charge is 0.435 e. The van der Waals surface area contributed by atoms with Gasteiger partial charge < -0.3 is 9.80 Å². The van der Waals surface area contributed by atoms with E-state index in [0.717, 1.165) is 31.7 Å². The monoisotopic (exact) mass is 485 g/mol. The fourth-order valence-corrected chi connectivity index (χ4v) is 6.44. The van der Waals surface area contributed by atoms with Crippen LogP contribution in [0.1, 0.15) is 55.4 Å². The molecule has 2 saturated heterocycles. The summed E-state index contributed by atoms with van der Waals surface area (Å²) in [5.41, 5.74) is -0.227. The third-order valence-electron chi connectivity index (χ3n) is 7.95. The molecule has 0 aromatic carbocycles. The van der Waals surface area contributed by atoms with Gasteiger partial charge in [-0.25, -0.2) is 23.2 Å². The molecule has 2 amide bonds. The molecule has 2 spiro atoms. The van der Waals surface area contributed by atoms with Crippen LogP contribution in [0.2, 0.25) is 0 Å². The quantitative estimate of drug-likeness (QED) is 0.670. The summed E-state index contributed by atoms with van der Waals surface area (Å²) in [6.45, 7) is 2.74. The Morgan fingerprint density at radius 3 is 2.24 bits per heavy atom. The van der Waals surface area contributed by atoms with Gasteiger partial charge in [0.2, 0.25) is 5.82 Å². The van der Waals surface area contributed by atoms with Crippen LogP contribution in [0.5, 0.6) is 0 Å². The van der Waals surface area contributed by atoms with Crippen LogP contribution in [0.4, 0.5) is 26.7 Å². The lowest BCUT2D eigenvalue weighted by Gasteiger charge is -2.63. The van der Waals surface area contributed by atoms with E-state index >= 15 is 0 Å². The highest BCUT2D eigenvalue weighted by Crippen LogP contribution is 2.56.